The highest BCUT2D eigenvalue weighted by molar-refractivity contribution is 9.10. The largest absolute Gasteiger partial charge is 0.483 e. The van der Waals surface area contributed by atoms with Crippen molar-refractivity contribution in [3.05, 3.63) is 45.8 Å². The molecule has 5 heteroatoms. The molecule has 0 radical (unpaired) electrons. The summed E-state index contributed by atoms with van der Waals surface area (Å²) >= 11 is 3.22. The maximum atomic E-state index is 12.9. The molecule has 0 aliphatic carbocycles. The Morgan fingerprint density at radius 3 is 2.76 bits per heavy atom. The number of hydrogen-bond acceptors (Lipinski definition) is 3. The van der Waals surface area contributed by atoms with Gasteiger partial charge in [0, 0.05) is 0 Å². The second kappa shape index (κ2) is 4.87. The van der Waals surface area contributed by atoms with Gasteiger partial charge in [0.15, 0.2) is 6.61 Å². The van der Waals surface area contributed by atoms with E-state index in [4.69, 9.17) is 9.15 Å². The number of oxazole rings is 1. The van der Waals surface area contributed by atoms with Gasteiger partial charge in [-0.15, -0.1) is 0 Å². The Labute approximate surface area is 107 Å². The zero-order valence-corrected chi connectivity index (χ0v) is 11.0. The van der Waals surface area contributed by atoms with Crippen molar-refractivity contribution in [3.63, 3.8) is 0 Å². The Morgan fingerprint density at radius 1 is 1.41 bits per heavy atom. The molecule has 0 atom stereocenters. The minimum Gasteiger partial charge on any atom is -0.483 e. The van der Waals surface area contributed by atoms with Crippen molar-refractivity contribution < 1.29 is 13.5 Å². The summed E-state index contributed by atoms with van der Waals surface area (Å²) in [4.78, 5) is 4.19. The normalized spacial score (nSPS) is 10.6. The van der Waals surface area contributed by atoms with Crippen LogP contribution in [0.4, 0.5) is 4.39 Å². The van der Waals surface area contributed by atoms with Gasteiger partial charge in [-0.1, -0.05) is 0 Å². The van der Waals surface area contributed by atoms with E-state index in [2.05, 4.69) is 20.9 Å². The highest BCUT2D eigenvalue weighted by Crippen LogP contribution is 2.26. The topological polar surface area (TPSA) is 35.3 Å². The zero-order chi connectivity index (χ0) is 12.4. The van der Waals surface area contributed by atoms with Crippen molar-refractivity contribution in [2.45, 2.75) is 20.5 Å². The van der Waals surface area contributed by atoms with Crippen molar-refractivity contribution >= 4 is 15.9 Å². The molecule has 0 aliphatic rings. The van der Waals surface area contributed by atoms with E-state index in [1.807, 2.05) is 13.8 Å². The fourth-order valence-electron chi connectivity index (χ4n) is 1.33. The van der Waals surface area contributed by atoms with E-state index < -0.39 is 0 Å². The molecule has 17 heavy (non-hydrogen) atoms. The standard InChI is InChI=1S/C12H11BrFNO2/c1-7-8(2)17-12(15-7)6-16-11-4-3-9(14)5-10(11)13/h3-5H,6H2,1-2H3. The lowest BCUT2D eigenvalue weighted by molar-refractivity contribution is 0.258. The van der Waals surface area contributed by atoms with Crippen molar-refractivity contribution in [2.24, 2.45) is 0 Å². The number of aryl methyl sites for hydroxylation is 2. The van der Waals surface area contributed by atoms with Crippen LogP contribution in [-0.4, -0.2) is 4.98 Å². The first-order chi connectivity index (χ1) is 8.06. The molecule has 0 saturated carbocycles. The number of aromatic nitrogens is 1. The van der Waals surface area contributed by atoms with Crippen LogP contribution in [0.3, 0.4) is 0 Å². The van der Waals surface area contributed by atoms with Gasteiger partial charge in [0.2, 0.25) is 5.89 Å². The molecule has 0 N–H and O–H groups in total. The molecule has 2 aromatic rings. The Hall–Kier alpha value is -1.36. The molecule has 3 nitrogen and oxygen atoms in total. The van der Waals surface area contributed by atoms with Gasteiger partial charge in [0.1, 0.15) is 17.3 Å². The minimum absolute atomic E-state index is 0.221. The predicted octanol–water partition coefficient (Wildman–Crippen LogP) is 3.77. The summed E-state index contributed by atoms with van der Waals surface area (Å²) in [6.07, 6.45) is 0. The van der Waals surface area contributed by atoms with Crippen LogP contribution in [0.2, 0.25) is 0 Å². The van der Waals surface area contributed by atoms with Crippen molar-refractivity contribution in [1.29, 1.82) is 0 Å². The third-order valence-corrected chi connectivity index (χ3v) is 2.94. The van der Waals surface area contributed by atoms with Gasteiger partial charge in [-0.05, 0) is 48.0 Å². The summed E-state index contributed by atoms with van der Waals surface area (Å²) in [5.74, 6) is 1.53. The number of ether oxygens (including phenoxy) is 1. The zero-order valence-electron chi connectivity index (χ0n) is 9.46. The average molecular weight is 300 g/mol. The molecule has 0 fully saturated rings. The highest BCUT2D eigenvalue weighted by Gasteiger charge is 2.08. The molecule has 0 saturated heterocycles. The van der Waals surface area contributed by atoms with Crippen LogP contribution in [-0.2, 0) is 6.61 Å². The number of halogens is 2. The summed E-state index contributed by atoms with van der Waals surface area (Å²) in [6, 6.07) is 4.25. The molecule has 1 aromatic heterocycles. The van der Waals surface area contributed by atoms with Crippen LogP contribution in [0.1, 0.15) is 17.3 Å². The van der Waals surface area contributed by atoms with Crippen LogP contribution in [0, 0.1) is 19.7 Å². The maximum Gasteiger partial charge on any atom is 0.232 e. The first-order valence-corrected chi connectivity index (χ1v) is 5.86. The van der Waals surface area contributed by atoms with E-state index in [9.17, 15) is 4.39 Å². The minimum atomic E-state index is -0.313. The number of nitrogens with zero attached hydrogens (tertiary/aromatic N) is 1. The van der Waals surface area contributed by atoms with E-state index >= 15 is 0 Å². The van der Waals surface area contributed by atoms with E-state index in [1.165, 1.54) is 12.1 Å². The van der Waals surface area contributed by atoms with E-state index in [1.54, 1.807) is 6.07 Å². The van der Waals surface area contributed by atoms with Gasteiger partial charge >= 0.3 is 0 Å². The molecule has 1 heterocycles. The summed E-state index contributed by atoms with van der Waals surface area (Å²) in [5, 5.41) is 0. The van der Waals surface area contributed by atoms with Gasteiger partial charge in [-0.25, -0.2) is 9.37 Å². The molecular formula is C12H11BrFNO2. The summed E-state index contributed by atoms with van der Waals surface area (Å²) in [6.45, 7) is 3.94. The molecule has 0 amide bonds. The lowest BCUT2D eigenvalue weighted by atomic mass is 10.3. The second-order valence-electron chi connectivity index (χ2n) is 3.61. The first-order valence-electron chi connectivity index (χ1n) is 5.07. The molecule has 1 aromatic carbocycles. The summed E-state index contributed by atoms with van der Waals surface area (Å²) in [5.41, 5.74) is 0.849. The number of benzene rings is 1. The maximum absolute atomic E-state index is 12.9. The first kappa shape index (κ1) is 12.1. The molecule has 0 aliphatic heterocycles. The van der Waals surface area contributed by atoms with E-state index in [0.717, 1.165) is 11.5 Å². The molecule has 2 rings (SSSR count). The Balaban J connectivity index is 2.07. The van der Waals surface area contributed by atoms with Crippen molar-refractivity contribution in [3.8, 4) is 5.75 Å². The SMILES string of the molecule is Cc1nc(COc2ccc(F)cc2Br)oc1C. The summed E-state index contributed by atoms with van der Waals surface area (Å²) < 4.78 is 24.3. The van der Waals surface area contributed by atoms with Gasteiger partial charge in [0.25, 0.3) is 0 Å². The van der Waals surface area contributed by atoms with Crippen molar-refractivity contribution in [1.82, 2.24) is 4.98 Å². The van der Waals surface area contributed by atoms with Crippen LogP contribution >= 0.6 is 15.9 Å². The fraction of sp³-hybridized carbons (Fsp3) is 0.250. The second-order valence-corrected chi connectivity index (χ2v) is 4.47. The fourth-order valence-corrected chi connectivity index (χ4v) is 1.80. The van der Waals surface area contributed by atoms with Gasteiger partial charge < -0.3 is 9.15 Å². The van der Waals surface area contributed by atoms with Gasteiger partial charge in [-0.3, -0.25) is 0 Å². The van der Waals surface area contributed by atoms with Crippen LogP contribution in [0.15, 0.2) is 27.1 Å². The Bertz CT molecular complexity index is 520. The third-order valence-electron chi connectivity index (χ3n) is 2.32. The molecule has 0 spiro atoms. The average Bonchev–Trinajstić information content (AvgIpc) is 2.57. The molecular weight excluding hydrogens is 289 g/mol. The third kappa shape index (κ3) is 2.85. The number of hydrogen-bond donors (Lipinski definition) is 0. The lowest BCUT2D eigenvalue weighted by Gasteiger charge is -2.05. The van der Waals surface area contributed by atoms with Crippen molar-refractivity contribution in [2.75, 3.05) is 0 Å². The Kier molecular flexibility index (Phi) is 3.47. The molecule has 90 valence electrons. The number of rotatable bonds is 3. The Morgan fingerprint density at radius 2 is 2.18 bits per heavy atom. The van der Waals surface area contributed by atoms with Crippen LogP contribution in [0.25, 0.3) is 0 Å². The monoisotopic (exact) mass is 299 g/mol. The van der Waals surface area contributed by atoms with E-state index in [0.29, 0.717) is 16.1 Å². The quantitative estimate of drug-likeness (QED) is 0.865. The highest BCUT2D eigenvalue weighted by atomic mass is 79.9. The van der Waals surface area contributed by atoms with Crippen LogP contribution < -0.4 is 4.74 Å². The predicted molar refractivity (Wildman–Crippen MR) is 64.4 cm³/mol. The van der Waals surface area contributed by atoms with E-state index in [-0.39, 0.29) is 12.4 Å². The lowest BCUT2D eigenvalue weighted by Crippen LogP contribution is -1.96. The molecule has 0 bridgehead atoms. The molecule has 0 unspecified atom stereocenters. The smallest absolute Gasteiger partial charge is 0.232 e. The van der Waals surface area contributed by atoms with Gasteiger partial charge in [-0.2, -0.15) is 0 Å². The summed E-state index contributed by atoms with van der Waals surface area (Å²) in [7, 11) is 0. The van der Waals surface area contributed by atoms with Gasteiger partial charge in [0.05, 0.1) is 10.2 Å². The van der Waals surface area contributed by atoms with Crippen LogP contribution in [0.5, 0.6) is 5.75 Å².